The van der Waals surface area contributed by atoms with E-state index in [1.165, 1.54) is 5.56 Å². The Bertz CT molecular complexity index is 390. The van der Waals surface area contributed by atoms with Crippen molar-refractivity contribution in [2.75, 3.05) is 20.3 Å². The molecule has 20 heavy (non-hydrogen) atoms. The first-order valence-electron chi connectivity index (χ1n) is 7.53. The van der Waals surface area contributed by atoms with E-state index in [4.69, 9.17) is 9.47 Å². The Morgan fingerprint density at radius 2 is 2.00 bits per heavy atom. The molecule has 1 aromatic carbocycles. The molecular weight excluding hydrogens is 250 g/mol. The molecule has 1 rings (SSSR count). The third kappa shape index (κ3) is 5.51. The SMILES string of the molecule is CCNC(CC)c1cccc(OCCC(C)(C)OC)c1. The average molecular weight is 279 g/mol. The van der Waals surface area contributed by atoms with E-state index in [0.29, 0.717) is 12.6 Å². The monoisotopic (exact) mass is 279 g/mol. The molecule has 3 heteroatoms. The van der Waals surface area contributed by atoms with E-state index in [-0.39, 0.29) is 5.60 Å². The quantitative estimate of drug-likeness (QED) is 0.742. The molecule has 0 spiro atoms. The minimum Gasteiger partial charge on any atom is -0.493 e. The Labute approximate surface area is 123 Å². The fraction of sp³-hybridized carbons (Fsp3) is 0.647. The molecular formula is C17H29NO2. The highest BCUT2D eigenvalue weighted by Gasteiger charge is 2.16. The van der Waals surface area contributed by atoms with E-state index in [0.717, 1.165) is 25.1 Å². The Kier molecular flexibility index (Phi) is 7.03. The van der Waals surface area contributed by atoms with Crippen molar-refractivity contribution < 1.29 is 9.47 Å². The largest absolute Gasteiger partial charge is 0.493 e. The molecule has 0 heterocycles. The van der Waals surface area contributed by atoms with Gasteiger partial charge < -0.3 is 14.8 Å². The second-order valence-corrected chi connectivity index (χ2v) is 5.65. The summed E-state index contributed by atoms with van der Waals surface area (Å²) < 4.78 is 11.2. The Hall–Kier alpha value is -1.06. The maximum Gasteiger partial charge on any atom is 0.119 e. The Balaban J connectivity index is 2.59. The molecule has 0 amide bonds. The van der Waals surface area contributed by atoms with Crippen LogP contribution in [0.5, 0.6) is 5.75 Å². The minimum atomic E-state index is -0.132. The van der Waals surface area contributed by atoms with Crippen LogP contribution in [0.2, 0.25) is 0 Å². The van der Waals surface area contributed by atoms with E-state index in [1.54, 1.807) is 7.11 Å². The average Bonchev–Trinajstić information content (AvgIpc) is 2.45. The molecule has 3 nitrogen and oxygen atoms in total. The summed E-state index contributed by atoms with van der Waals surface area (Å²) in [4.78, 5) is 0. The van der Waals surface area contributed by atoms with Crippen molar-refractivity contribution in [2.45, 2.75) is 52.2 Å². The maximum absolute atomic E-state index is 5.85. The zero-order chi connectivity index (χ0) is 15.0. The fourth-order valence-electron chi connectivity index (χ4n) is 2.08. The number of benzene rings is 1. The summed E-state index contributed by atoms with van der Waals surface area (Å²) in [6.07, 6.45) is 1.95. The lowest BCUT2D eigenvalue weighted by molar-refractivity contribution is 0.00545. The molecule has 0 aliphatic rings. The zero-order valence-electron chi connectivity index (χ0n) is 13.5. The molecule has 114 valence electrons. The van der Waals surface area contributed by atoms with Crippen LogP contribution in [0.25, 0.3) is 0 Å². The highest BCUT2D eigenvalue weighted by molar-refractivity contribution is 5.30. The molecule has 0 radical (unpaired) electrons. The lowest BCUT2D eigenvalue weighted by atomic mass is 10.0. The molecule has 1 aromatic rings. The normalized spacial score (nSPS) is 13.2. The summed E-state index contributed by atoms with van der Waals surface area (Å²) >= 11 is 0. The van der Waals surface area contributed by atoms with Gasteiger partial charge >= 0.3 is 0 Å². The third-order valence-electron chi connectivity index (χ3n) is 3.64. The van der Waals surface area contributed by atoms with Gasteiger partial charge in [0.25, 0.3) is 0 Å². The van der Waals surface area contributed by atoms with Crippen molar-refractivity contribution in [1.29, 1.82) is 0 Å². The molecule has 1 N–H and O–H groups in total. The van der Waals surface area contributed by atoms with Crippen LogP contribution in [0.4, 0.5) is 0 Å². The van der Waals surface area contributed by atoms with Crippen molar-refractivity contribution in [1.82, 2.24) is 5.32 Å². The smallest absolute Gasteiger partial charge is 0.119 e. The molecule has 0 aromatic heterocycles. The number of methoxy groups -OCH3 is 1. The van der Waals surface area contributed by atoms with Crippen molar-refractivity contribution in [3.8, 4) is 5.75 Å². The van der Waals surface area contributed by atoms with Crippen LogP contribution in [0, 0.1) is 0 Å². The Morgan fingerprint density at radius 3 is 2.60 bits per heavy atom. The summed E-state index contributed by atoms with van der Waals surface area (Å²) in [6, 6.07) is 8.77. The van der Waals surface area contributed by atoms with Crippen LogP contribution >= 0.6 is 0 Å². The van der Waals surface area contributed by atoms with E-state index in [2.05, 4.69) is 51.2 Å². The van der Waals surface area contributed by atoms with Gasteiger partial charge in [-0.1, -0.05) is 26.0 Å². The molecule has 0 aliphatic heterocycles. The van der Waals surface area contributed by atoms with Crippen LogP contribution < -0.4 is 10.1 Å². The highest BCUT2D eigenvalue weighted by atomic mass is 16.5. The van der Waals surface area contributed by atoms with Crippen molar-refractivity contribution in [3.05, 3.63) is 29.8 Å². The van der Waals surface area contributed by atoms with Crippen LogP contribution in [0.3, 0.4) is 0 Å². The van der Waals surface area contributed by atoms with Crippen molar-refractivity contribution in [3.63, 3.8) is 0 Å². The molecule has 0 aliphatic carbocycles. The minimum absolute atomic E-state index is 0.132. The molecule has 1 atom stereocenters. The summed E-state index contributed by atoms with van der Waals surface area (Å²) in [7, 11) is 1.74. The van der Waals surface area contributed by atoms with Gasteiger partial charge in [0.1, 0.15) is 5.75 Å². The van der Waals surface area contributed by atoms with Gasteiger partial charge in [0.15, 0.2) is 0 Å². The van der Waals surface area contributed by atoms with Crippen LogP contribution in [0.15, 0.2) is 24.3 Å². The van der Waals surface area contributed by atoms with Gasteiger partial charge in [-0.05, 0) is 44.5 Å². The maximum atomic E-state index is 5.85. The van der Waals surface area contributed by atoms with Gasteiger partial charge in [0, 0.05) is 19.6 Å². The van der Waals surface area contributed by atoms with Gasteiger partial charge in [-0.2, -0.15) is 0 Å². The number of hydrogen-bond donors (Lipinski definition) is 1. The van der Waals surface area contributed by atoms with E-state index in [1.807, 2.05) is 6.07 Å². The number of ether oxygens (including phenoxy) is 2. The van der Waals surface area contributed by atoms with Crippen LogP contribution in [-0.4, -0.2) is 25.9 Å². The van der Waals surface area contributed by atoms with Crippen molar-refractivity contribution in [2.24, 2.45) is 0 Å². The summed E-state index contributed by atoms with van der Waals surface area (Å²) in [5.74, 6) is 0.936. The Morgan fingerprint density at radius 1 is 1.25 bits per heavy atom. The van der Waals surface area contributed by atoms with E-state index in [9.17, 15) is 0 Å². The van der Waals surface area contributed by atoms with Gasteiger partial charge in [-0.25, -0.2) is 0 Å². The lowest BCUT2D eigenvalue weighted by Crippen LogP contribution is -2.25. The van der Waals surface area contributed by atoms with Gasteiger partial charge in [0.2, 0.25) is 0 Å². The fourth-order valence-corrected chi connectivity index (χ4v) is 2.08. The molecule has 0 bridgehead atoms. The first-order valence-corrected chi connectivity index (χ1v) is 7.53. The standard InChI is InChI=1S/C17H29NO2/c1-6-16(18-7-2)14-9-8-10-15(13-14)20-12-11-17(3,4)19-5/h8-10,13,16,18H,6-7,11-12H2,1-5H3. The summed E-state index contributed by atoms with van der Waals surface area (Å²) in [5.41, 5.74) is 1.16. The second-order valence-electron chi connectivity index (χ2n) is 5.65. The molecule has 0 saturated heterocycles. The van der Waals surface area contributed by atoms with E-state index < -0.39 is 0 Å². The first kappa shape index (κ1) is 17.0. The first-order chi connectivity index (χ1) is 9.52. The van der Waals surface area contributed by atoms with Gasteiger partial charge in [0.05, 0.1) is 12.2 Å². The summed E-state index contributed by atoms with van der Waals surface area (Å²) in [6.45, 7) is 10.1. The molecule has 0 saturated carbocycles. The predicted molar refractivity (Wildman–Crippen MR) is 84.4 cm³/mol. The second kappa shape index (κ2) is 8.28. The topological polar surface area (TPSA) is 30.5 Å². The molecule has 1 unspecified atom stereocenters. The van der Waals surface area contributed by atoms with Crippen LogP contribution in [0.1, 0.15) is 52.1 Å². The number of hydrogen-bond acceptors (Lipinski definition) is 3. The van der Waals surface area contributed by atoms with Crippen molar-refractivity contribution >= 4 is 0 Å². The predicted octanol–water partition coefficient (Wildman–Crippen LogP) is 3.94. The van der Waals surface area contributed by atoms with Crippen LogP contribution in [-0.2, 0) is 4.74 Å². The van der Waals surface area contributed by atoms with Gasteiger partial charge in [-0.3, -0.25) is 0 Å². The van der Waals surface area contributed by atoms with E-state index >= 15 is 0 Å². The highest BCUT2D eigenvalue weighted by Crippen LogP contribution is 2.22. The zero-order valence-corrected chi connectivity index (χ0v) is 13.5. The van der Waals surface area contributed by atoms with Gasteiger partial charge in [-0.15, -0.1) is 0 Å². The number of rotatable bonds is 9. The molecule has 0 fully saturated rings. The summed E-state index contributed by atoms with van der Waals surface area (Å²) in [5, 5.41) is 3.49. The lowest BCUT2D eigenvalue weighted by Gasteiger charge is -2.23. The third-order valence-corrected chi connectivity index (χ3v) is 3.64. The number of nitrogens with one attached hydrogen (secondary N) is 1.